The smallest absolute Gasteiger partial charge is 0.410 e. The summed E-state index contributed by atoms with van der Waals surface area (Å²) in [6.07, 6.45) is 0.771. The number of benzene rings is 1. The molecule has 2 atom stereocenters. The molecule has 1 aliphatic rings. The van der Waals surface area contributed by atoms with Gasteiger partial charge in [-0.1, -0.05) is 23.7 Å². The van der Waals surface area contributed by atoms with Crippen LogP contribution in [0.4, 0.5) is 4.79 Å². The molecule has 1 aromatic carbocycles. The fourth-order valence-electron chi connectivity index (χ4n) is 3.12. The monoisotopic (exact) mass is 338 g/mol. The van der Waals surface area contributed by atoms with Gasteiger partial charge in [-0.2, -0.15) is 0 Å². The molecule has 0 aliphatic carbocycles. The SMILES string of the molecule is CNCC(c1cccc(Cl)c1)C1CCN(C(=O)OC(C)(C)C)C1. The van der Waals surface area contributed by atoms with E-state index >= 15 is 0 Å². The summed E-state index contributed by atoms with van der Waals surface area (Å²) in [4.78, 5) is 14.1. The van der Waals surface area contributed by atoms with E-state index in [9.17, 15) is 4.79 Å². The van der Waals surface area contributed by atoms with Gasteiger partial charge in [0.2, 0.25) is 0 Å². The lowest BCUT2D eigenvalue weighted by Gasteiger charge is -2.26. The molecule has 4 nitrogen and oxygen atoms in total. The summed E-state index contributed by atoms with van der Waals surface area (Å²) in [6.45, 7) is 8.04. The number of nitrogens with zero attached hydrogens (tertiary/aromatic N) is 1. The standard InChI is InChI=1S/C18H27ClN2O2/c1-18(2,3)23-17(22)21-9-8-14(12-21)16(11-20-4)13-6-5-7-15(19)10-13/h5-7,10,14,16,20H,8-9,11-12H2,1-4H3. The van der Waals surface area contributed by atoms with Crippen molar-refractivity contribution in [3.8, 4) is 0 Å². The Kier molecular flexibility index (Phi) is 5.93. The summed E-state index contributed by atoms with van der Waals surface area (Å²) >= 11 is 6.14. The van der Waals surface area contributed by atoms with Crippen LogP contribution in [0.25, 0.3) is 0 Å². The molecule has 0 bridgehead atoms. The van der Waals surface area contributed by atoms with Crippen LogP contribution in [-0.4, -0.2) is 43.3 Å². The van der Waals surface area contributed by atoms with Crippen molar-refractivity contribution >= 4 is 17.7 Å². The van der Waals surface area contributed by atoms with Gasteiger partial charge in [-0.3, -0.25) is 0 Å². The van der Waals surface area contributed by atoms with Crippen LogP contribution in [0, 0.1) is 5.92 Å². The van der Waals surface area contributed by atoms with E-state index < -0.39 is 5.60 Å². The average Bonchev–Trinajstić information content (AvgIpc) is 2.92. The molecule has 2 rings (SSSR count). The molecule has 1 saturated heterocycles. The predicted molar refractivity (Wildman–Crippen MR) is 94.0 cm³/mol. The van der Waals surface area contributed by atoms with E-state index in [1.54, 1.807) is 0 Å². The van der Waals surface area contributed by atoms with Crippen LogP contribution in [0.3, 0.4) is 0 Å². The number of hydrogen-bond acceptors (Lipinski definition) is 3. The Morgan fingerprint density at radius 3 is 2.83 bits per heavy atom. The van der Waals surface area contributed by atoms with Crippen LogP contribution < -0.4 is 5.32 Å². The van der Waals surface area contributed by atoms with Gasteiger partial charge in [-0.15, -0.1) is 0 Å². The fourth-order valence-corrected chi connectivity index (χ4v) is 3.32. The van der Waals surface area contributed by atoms with Crippen molar-refractivity contribution in [3.05, 3.63) is 34.9 Å². The minimum atomic E-state index is -0.452. The van der Waals surface area contributed by atoms with Crippen molar-refractivity contribution in [2.75, 3.05) is 26.7 Å². The molecule has 128 valence electrons. The van der Waals surface area contributed by atoms with E-state index in [-0.39, 0.29) is 6.09 Å². The summed E-state index contributed by atoms with van der Waals surface area (Å²) in [5.74, 6) is 0.750. The Hall–Kier alpha value is -1.26. The second-order valence-electron chi connectivity index (χ2n) is 7.19. The first kappa shape index (κ1) is 18.1. The highest BCUT2D eigenvalue weighted by Gasteiger charge is 2.34. The minimum absolute atomic E-state index is 0.214. The predicted octanol–water partition coefficient (Wildman–Crippen LogP) is 3.90. The Bertz CT molecular complexity index is 542. The molecule has 0 spiro atoms. The third-order valence-electron chi connectivity index (χ3n) is 4.15. The molecule has 0 saturated carbocycles. The number of likely N-dealkylation sites (N-methyl/N-ethyl adjacent to an activating group) is 1. The van der Waals surface area contributed by atoms with E-state index in [0.29, 0.717) is 11.8 Å². The summed E-state index contributed by atoms with van der Waals surface area (Å²) in [5, 5.41) is 4.02. The minimum Gasteiger partial charge on any atom is -0.444 e. The molecule has 5 heteroatoms. The van der Waals surface area contributed by atoms with Crippen LogP contribution in [0.2, 0.25) is 5.02 Å². The molecule has 1 fully saturated rings. The molecule has 1 heterocycles. The van der Waals surface area contributed by atoms with Gasteiger partial charge in [0.25, 0.3) is 0 Å². The van der Waals surface area contributed by atoms with E-state index in [4.69, 9.17) is 16.3 Å². The van der Waals surface area contributed by atoms with Crippen LogP contribution in [-0.2, 0) is 4.74 Å². The largest absolute Gasteiger partial charge is 0.444 e. The lowest BCUT2D eigenvalue weighted by molar-refractivity contribution is 0.0286. The first-order valence-electron chi connectivity index (χ1n) is 8.18. The summed E-state index contributed by atoms with van der Waals surface area (Å²) < 4.78 is 5.48. The van der Waals surface area contributed by atoms with E-state index in [1.165, 1.54) is 5.56 Å². The molecule has 2 unspecified atom stereocenters. The van der Waals surface area contributed by atoms with Gasteiger partial charge in [-0.25, -0.2) is 4.79 Å². The van der Waals surface area contributed by atoms with Crippen LogP contribution in [0.5, 0.6) is 0 Å². The number of carbonyl (C=O) groups is 1. The summed E-state index contributed by atoms with van der Waals surface area (Å²) in [7, 11) is 1.96. The highest BCUT2D eigenvalue weighted by Crippen LogP contribution is 2.33. The number of rotatable bonds is 4. The van der Waals surface area contributed by atoms with Crippen LogP contribution in [0.1, 0.15) is 38.7 Å². The van der Waals surface area contributed by atoms with Gasteiger partial charge < -0.3 is 15.0 Å². The molecular formula is C18H27ClN2O2. The Balaban J connectivity index is 2.06. The molecule has 1 aliphatic heterocycles. The van der Waals surface area contributed by atoms with Gasteiger partial charge in [0.05, 0.1) is 0 Å². The van der Waals surface area contributed by atoms with E-state index in [0.717, 1.165) is 31.1 Å². The highest BCUT2D eigenvalue weighted by molar-refractivity contribution is 6.30. The van der Waals surface area contributed by atoms with Crippen LogP contribution >= 0.6 is 11.6 Å². The highest BCUT2D eigenvalue weighted by atomic mass is 35.5. The number of carbonyl (C=O) groups excluding carboxylic acids is 1. The summed E-state index contributed by atoms with van der Waals surface area (Å²) in [5.41, 5.74) is 0.773. The van der Waals surface area contributed by atoms with Gasteiger partial charge in [0, 0.05) is 30.6 Å². The van der Waals surface area contributed by atoms with Crippen molar-refractivity contribution in [2.45, 2.75) is 38.7 Å². The van der Waals surface area contributed by atoms with Crippen molar-refractivity contribution in [3.63, 3.8) is 0 Å². The lowest BCUT2D eigenvalue weighted by Crippen LogP contribution is -2.36. The fraction of sp³-hybridized carbons (Fsp3) is 0.611. The normalized spacial score (nSPS) is 19.7. The number of halogens is 1. The average molecular weight is 339 g/mol. The first-order valence-corrected chi connectivity index (χ1v) is 8.56. The quantitative estimate of drug-likeness (QED) is 0.905. The van der Waals surface area contributed by atoms with Gasteiger partial charge >= 0.3 is 6.09 Å². The number of ether oxygens (including phenoxy) is 1. The Labute approximate surface area is 144 Å². The molecular weight excluding hydrogens is 312 g/mol. The lowest BCUT2D eigenvalue weighted by atomic mass is 9.85. The first-order chi connectivity index (χ1) is 10.8. The zero-order chi connectivity index (χ0) is 17.0. The zero-order valence-electron chi connectivity index (χ0n) is 14.4. The van der Waals surface area contributed by atoms with Crippen molar-refractivity contribution in [1.29, 1.82) is 0 Å². The topological polar surface area (TPSA) is 41.6 Å². The molecule has 1 aromatic rings. The molecule has 0 aromatic heterocycles. The number of likely N-dealkylation sites (tertiary alicyclic amines) is 1. The van der Waals surface area contributed by atoms with Gasteiger partial charge in [0.15, 0.2) is 0 Å². The number of hydrogen-bond donors (Lipinski definition) is 1. The molecule has 0 radical (unpaired) electrons. The summed E-state index contributed by atoms with van der Waals surface area (Å²) in [6, 6.07) is 8.02. The zero-order valence-corrected chi connectivity index (χ0v) is 15.2. The maximum atomic E-state index is 12.2. The Morgan fingerprint density at radius 1 is 1.48 bits per heavy atom. The third kappa shape index (κ3) is 5.11. The maximum Gasteiger partial charge on any atom is 0.410 e. The van der Waals surface area contributed by atoms with Crippen LogP contribution in [0.15, 0.2) is 24.3 Å². The van der Waals surface area contributed by atoms with Crippen molar-refractivity contribution in [2.24, 2.45) is 5.92 Å². The third-order valence-corrected chi connectivity index (χ3v) is 4.38. The Morgan fingerprint density at radius 2 is 2.22 bits per heavy atom. The molecule has 23 heavy (non-hydrogen) atoms. The number of nitrogens with one attached hydrogen (secondary N) is 1. The van der Waals surface area contributed by atoms with E-state index in [2.05, 4.69) is 11.4 Å². The maximum absolute atomic E-state index is 12.2. The van der Waals surface area contributed by atoms with E-state index in [1.807, 2.05) is 50.9 Å². The van der Waals surface area contributed by atoms with Gasteiger partial charge in [-0.05, 0) is 57.9 Å². The molecule has 1 amide bonds. The second-order valence-corrected chi connectivity index (χ2v) is 7.63. The second kappa shape index (κ2) is 7.54. The number of amides is 1. The molecule has 1 N–H and O–H groups in total. The van der Waals surface area contributed by atoms with Crippen molar-refractivity contribution < 1.29 is 9.53 Å². The van der Waals surface area contributed by atoms with Gasteiger partial charge in [0.1, 0.15) is 5.60 Å². The van der Waals surface area contributed by atoms with Crippen molar-refractivity contribution in [1.82, 2.24) is 10.2 Å².